The second-order valence-corrected chi connectivity index (χ2v) is 4.07. The summed E-state index contributed by atoms with van der Waals surface area (Å²) in [5.74, 6) is 0. The minimum absolute atomic E-state index is 0.0173. The Hall–Kier alpha value is -1.38. The Bertz CT molecular complexity index is 494. The van der Waals surface area contributed by atoms with Crippen molar-refractivity contribution in [3.05, 3.63) is 52.8 Å². The van der Waals surface area contributed by atoms with Crippen LogP contribution in [0.15, 0.2) is 36.5 Å². The highest BCUT2D eigenvalue weighted by atomic mass is 35.5. The SMILES string of the molecule is Cc1ccc(-c2cc(CO)ccc2Cl)cn1. The molecule has 0 fully saturated rings. The minimum atomic E-state index is 0.0173. The van der Waals surface area contributed by atoms with E-state index >= 15 is 0 Å². The molecule has 1 heterocycles. The Morgan fingerprint density at radius 1 is 1.25 bits per heavy atom. The Balaban J connectivity index is 2.50. The molecule has 0 aliphatic rings. The number of benzene rings is 1. The summed E-state index contributed by atoms with van der Waals surface area (Å²) < 4.78 is 0. The number of aromatic nitrogens is 1. The van der Waals surface area contributed by atoms with Gasteiger partial charge in [0.15, 0.2) is 0 Å². The molecule has 0 atom stereocenters. The van der Waals surface area contributed by atoms with Gasteiger partial charge in [-0.05, 0) is 30.7 Å². The van der Waals surface area contributed by atoms with Crippen molar-refractivity contribution in [3.8, 4) is 11.1 Å². The topological polar surface area (TPSA) is 33.1 Å². The number of nitrogens with zero attached hydrogens (tertiary/aromatic N) is 1. The van der Waals surface area contributed by atoms with Crippen molar-refractivity contribution < 1.29 is 5.11 Å². The first-order valence-corrected chi connectivity index (χ1v) is 5.41. The van der Waals surface area contributed by atoms with E-state index in [4.69, 9.17) is 16.7 Å². The van der Waals surface area contributed by atoms with Gasteiger partial charge in [-0.1, -0.05) is 23.7 Å². The highest BCUT2D eigenvalue weighted by molar-refractivity contribution is 6.33. The summed E-state index contributed by atoms with van der Waals surface area (Å²) in [6, 6.07) is 9.41. The molecule has 0 bridgehead atoms. The molecular formula is C13H12ClNO. The van der Waals surface area contributed by atoms with Crippen LogP contribution in [0.5, 0.6) is 0 Å². The molecule has 0 saturated carbocycles. The first kappa shape index (κ1) is 11.1. The van der Waals surface area contributed by atoms with Gasteiger partial charge >= 0.3 is 0 Å². The molecule has 0 spiro atoms. The van der Waals surface area contributed by atoms with Crippen molar-refractivity contribution in [2.45, 2.75) is 13.5 Å². The standard InChI is InChI=1S/C13H12ClNO/c1-9-2-4-11(7-15-9)12-6-10(8-16)3-5-13(12)14/h2-7,16H,8H2,1H3. The van der Waals surface area contributed by atoms with Gasteiger partial charge in [-0.3, -0.25) is 4.98 Å². The van der Waals surface area contributed by atoms with Gasteiger partial charge in [-0.15, -0.1) is 0 Å². The molecular weight excluding hydrogens is 222 g/mol. The largest absolute Gasteiger partial charge is 0.392 e. The lowest BCUT2D eigenvalue weighted by Gasteiger charge is -2.06. The van der Waals surface area contributed by atoms with Gasteiger partial charge in [0.05, 0.1) is 6.61 Å². The fourth-order valence-corrected chi connectivity index (χ4v) is 1.75. The first-order chi connectivity index (χ1) is 7.70. The highest BCUT2D eigenvalue weighted by Crippen LogP contribution is 2.28. The monoisotopic (exact) mass is 233 g/mol. The van der Waals surface area contributed by atoms with E-state index in [0.717, 1.165) is 22.4 Å². The summed E-state index contributed by atoms with van der Waals surface area (Å²) in [5.41, 5.74) is 3.68. The van der Waals surface area contributed by atoms with E-state index in [1.165, 1.54) is 0 Å². The molecule has 0 amide bonds. The van der Waals surface area contributed by atoms with Crippen LogP contribution in [0, 0.1) is 6.92 Å². The van der Waals surface area contributed by atoms with Gasteiger partial charge in [0.1, 0.15) is 0 Å². The van der Waals surface area contributed by atoms with Crippen LogP contribution in [0.3, 0.4) is 0 Å². The van der Waals surface area contributed by atoms with Crippen molar-refractivity contribution in [2.75, 3.05) is 0 Å². The van der Waals surface area contributed by atoms with Crippen LogP contribution in [0.1, 0.15) is 11.3 Å². The average Bonchev–Trinajstić information content (AvgIpc) is 2.31. The number of halogens is 1. The molecule has 0 radical (unpaired) electrons. The lowest BCUT2D eigenvalue weighted by Crippen LogP contribution is -1.88. The number of aryl methyl sites for hydroxylation is 1. The van der Waals surface area contributed by atoms with Crippen molar-refractivity contribution in [1.29, 1.82) is 0 Å². The third kappa shape index (κ3) is 2.23. The second-order valence-electron chi connectivity index (χ2n) is 3.66. The Morgan fingerprint density at radius 2 is 2.06 bits per heavy atom. The molecule has 1 N–H and O–H groups in total. The smallest absolute Gasteiger partial charge is 0.0682 e. The van der Waals surface area contributed by atoms with E-state index in [2.05, 4.69) is 4.98 Å². The molecule has 16 heavy (non-hydrogen) atoms. The van der Waals surface area contributed by atoms with Gasteiger partial charge in [0.2, 0.25) is 0 Å². The zero-order valence-electron chi connectivity index (χ0n) is 8.94. The maximum Gasteiger partial charge on any atom is 0.0682 e. The van der Waals surface area contributed by atoms with E-state index in [0.29, 0.717) is 5.02 Å². The highest BCUT2D eigenvalue weighted by Gasteiger charge is 2.04. The summed E-state index contributed by atoms with van der Waals surface area (Å²) in [4.78, 5) is 4.23. The summed E-state index contributed by atoms with van der Waals surface area (Å²) in [6.45, 7) is 1.96. The molecule has 0 unspecified atom stereocenters. The third-order valence-electron chi connectivity index (χ3n) is 2.44. The second kappa shape index (κ2) is 4.64. The fourth-order valence-electron chi connectivity index (χ4n) is 1.52. The summed E-state index contributed by atoms with van der Waals surface area (Å²) >= 11 is 6.12. The summed E-state index contributed by atoms with van der Waals surface area (Å²) in [6.07, 6.45) is 1.79. The van der Waals surface area contributed by atoms with E-state index < -0.39 is 0 Å². The summed E-state index contributed by atoms with van der Waals surface area (Å²) in [7, 11) is 0. The first-order valence-electron chi connectivity index (χ1n) is 5.03. The van der Waals surface area contributed by atoms with Crippen molar-refractivity contribution in [1.82, 2.24) is 4.98 Å². The van der Waals surface area contributed by atoms with Crippen LogP contribution in [0.4, 0.5) is 0 Å². The van der Waals surface area contributed by atoms with Crippen molar-refractivity contribution >= 4 is 11.6 Å². The fraction of sp³-hybridized carbons (Fsp3) is 0.154. The van der Waals surface area contributed by atoms with Gasteiger partial charge < -0.3 is 5.11 Å². The van der Waals surface area contributed by atoms with Crippen LogP contribution < -0.4 is 0 Å². The molecule has 1 aromatic heterocycles. The van der Waals surface area contributed by atoms with Crippen molar-refractivity contribution in [3.63, 3.8) is 0 Å². The number of aliphatic hydroxyl groups excluding tert-OH is 1. The average molecular weight is 234 g/mol. The molecule has 3 heteroatoms. The molecule has 0 aliphatic heterocycles. The lowest BCUT2D eigenvalue weighted by atomic mass is 10.0. The molecule has 0 saturated heterocycles. The molecule has 1 aromatic carbocycles. The molecule has 2 aromatic rings. The van der Waals surface area contributed by atoms with Crippen LogP contribution in [0.2, 0.25) is 5.02 Å². The zero-order valence-corrected chi connectivity index (χ0v) is 9.70. The van der Waals surface area contributed by atoms with Crippen LogP contribution >= 0.6 is 11.6 Å². The maximum absolute atomic E-state index is 9.09. The number of pyridine rings is 1. The van der Waals surface area contributed by atoms with Gasteiger partial charge in [-0.25, -0.2) is 0 Å². The maximum atomic E-state index is 9.09. The Morgan fingerprint density at radius 3 is 2.69 bits per heavy atom. The number of aliphatic hydroxyl groups is 1. The number of hydrogen-bond acceptors (Lipinski definition) is 2. The normalized spacial score (nSPS) is 10.4. The number of hydrogen-bond donors (Lipinski definition) is 1. The summed E-state index contributed by atoms with van der Waals surface area (Å²) in [5, 5.41) is 9.75. The van der Waals surface area contributed by atoms with Crippen LogP contribution in [0.25, 0.3) is 11.1 Å². The molecule has 82 valence electrons. The van der Waals surface area contributed by atoms with E-state index in [1.54, 1.807) is 12.3 Å². The lowest BCUT2D eigenvalue weighted by molar-refractivity contribution is 0.282. The third-order valence-corrected chi connectivity index (χ3v) is 2.77. The zero-order chi connectivity index (χ0) is 11.5. The van der Waals surface area contributed by atoms with Crippen LogP contribution in [-0.4, -0.2) is 10.1 Å². The Kier molecular flexibility index (Phi) is 3.22. The predicted octanol–water partition coefficient (Wildman–Crippen LogP) is 3.20. The van der Waals surface area contributed by atoms with Gasteiger partial charge in [-0.2, -0.15) is 0 Å². The van der Waals surface area contributed by atoms with Crippen molar-refractivity contribution in [2.24, 2.45) is 0 Å². The van der Waals surface area contributed by atoms with Gasteiger partial charge in [0.25, 0.3) is 0 Å². The molecule has 0 aliphatic carbocycles. The number of rotatable bonds is 2. The molecule has 2 nitrogen and oxygen atoms in total. The Labute approximate surface area is 99.5 Å². The predicted molar refractivity (Wildman–Crippen MR) is 65.3 cm³/mol. The van der Waals surface area contributed by atoms with Crippen LogP contribution in [-0.2, 0) is 6.61 Å². The van der Waals surface area contributed by atoms with E-state index in [1.807, 2.05) is 31.2 Å². The van der Waals surface area contributed by atoms with E-state index in [9.17, 15) is 0 Å². The molecule has 2 rings (SSSR count). The quantitative estimate of drug-likeness (QED) is 0.864. The minimum Gasteiger partial charge on any atom is -0.392 e. The van der Waals surface area contributed by atoms with E-state index in [-0.39, 0.29) is 6.61 Å². The van der Waals surface area contributed by atoms with Gasteiger partial charge in [0, 0.05) is 28.0 Å².